The Hall–Kier alpha value is -1.59. The van der Waals surface area contributed by atoms with E-state index in [0.29, 0.717) is 0 Å². The van der Waals surface area contributed by atoms with Crippen molar-refractivity contribution in [1.29, 1.82) is 0 Å². The fourth-order valence-electron chi connectivity index (χ4n) is 2.00. The zero-order valence-electron chi connectivity index (χ0n) is 11.0. The molecular formula is C15H16F3NO. The largest absolute Gasteiger partial charge is 0.415 e. The first-order chi connectivity index (χ1) is 9.38. The van der Waals surface area contributed by atoms with E-state index < -0.39 is 18.8 Å². The van der Waals surface area contributed by atoms with Crippen LogP contribution in [0.3, 0.4) is 0 Å². The predicted molar refractivity (Wildman–Crippen MR) is 72.4 cm³/mol. The molecule has 0 aliphatic rings. The molecule has 0 radical (unpaired) electrons. The molecule has 0 spiro atoms. The van der Waals surface area contributed by atoms with E-state index in [2.05, 4.69) is 5.32 Å². The number of fused-ring (bicyclic) bond motifs is 1. The summed E-state index contributed by atoms with van der Waals surface area (Å²) in [6.07, 6.45) is -6.93. The minimum Gasteiger partial charge on any atom is -0.382 e. The summed E-state index contributed by atoms with van der Waals surface area (Å²) in [5, 5.41) is 13.8. The van der Waals surface area contributed by atoms with Crippen LogP contribution in [0.2, 0.25) is 0 Å². The third-order valence-electron chi connectivity index (χ3n) is 3.27. The van der Waals surface area contributed by atoms with Gasteiger partial charge in [0, 0.05) is 12.6 Å². The average Bonchev–Trinajstić information content (AvgIpc) is 2.42. The average molecular weight is 283 g/mol. The van der Waals surface area contributed by atoms with Crippen molar-refractivity contribution in [3.05, 3.63) is 48.0 Å². The Labute approximate surface area is 115 Å². The molecule has 0 aliphatic carbocycles. The van der Waals surface area contributed by atoms with Gasteiger partial charge in [0.2, 0.25) is 0 Å². The minimum atomic E-state index is -4.59. The number of rotatable bonds is 4. The van der Waals surface area contributed by atoms with Crippen LogP contribution >= 0.6 is 0 Å². The van der Waals surface area contributed by atoms with Crippen molar-refractivity contribution in [2.45, 2.75) is 25.2 Å². The lowest BCUT2D eigenvalue weighted by Crippen LogP contribution is -2.39. The highest BCUT2D eigenvalue weighted by Crippen LogP contribution is 2.22. The highest BCUT2D eigenvalue weighted by Gasteiger charge is 2.37. The second-order valence-corrected chi connectivity index (χ2v) is 4.79. The molecule has 0 aliphatic heterocycles. The van der Waals surface area contributed by atoms with Crippen molar-refractivity contribution < 1.29 is 18.3 Å². The van der Waals surface area contributed by atoms with Gasteiger partial charge in [0.15, 0.2) is 6.10 Å². The van der Waals surface area contributed by atoms with E-state index in [9.17, 15) is 13.2 Å². The van der Waals surface area contributed by atoms with E-state index in [-0.39, 0.29) is 6.04 Å². The number of alkyl halides is 3. The molecule has 108 valence electrons. The second kappa shape index (κ2) is 5.81. The van der Waals surface area contributed by atoms with E-state index in [1.165, 1.54) is 0 Å². The Morgan fingerprint density at radius 1 is 1.10 bits per heavy atom. The number of halogens is 3. The Morgan fingerprint density at radius 3 is 2.40 bits per heavy atom. The van der Waals surface area contributed by atoms with Gasteiger partial charge in [-0.1, -0.05) is 36.4 Å². The maximum atomic E-state index is 12.2. The molecular weight excluding hydrogens is 267 g/mol. The van der Waals surface area contributed by atoms with Crippen LogP contribution < -0.4 is 5.32 Å². The van der Waals surface area contributed by atoms with E-state index in [0.717, 1.165) is 16.3 Å². The molecule has 0 heterocycles. The van der Waals surface area contributed by atoms with Gasteiger partial charge < -0.3 is 10.4 Å². The summed E-state index contributed by atoms with van der Waals surface area (Å²) >= 11 is 0. The molecule has 0 saturated heterocycles. The van der Waals surface area contributed by atoms with Gasteiger partial charge in [0.1, 0.15) is 0 Å². The highest BCUT2D eigenvalue weighted by atomic mass is 19.4. The lowest BCUT2D eigenvalue weighted by molar-refractivity contribution is -0.202. The third-order valence-corrected chi connectivity index (χ3v) is 3.27. The van der Waals surface area contributed by atoms with Gasteiger partial charge in [0.05, 0.1) is 0 Å². The predicted octanol–water partition coefficient (Wildman–Crippen LogP) is 3.41. The molecule has 0 aromatic heterocycles. The topological polar surface area (TPSA) is 32.3 Å². The summed E-state index contributed by atoms with van der Waals surface area (Å²) in [6.45, 7) is 1.25. The third kappa shape index (κ3) is 3.49. The van der Waals surface area contributed by atoms with Crippen molar-refractivity contribution in [3.63, 3.8) is 0 Å². The van der Waals surface area contributed by atoms with Crippen LogP contribution in [-0.4, -0.2) is 23.9 Å². The first kappa shape index (κ1) is 14.8. The lowest BCUT2D eigenvalue weighted by atomic mass is 10.0. The maximum Gasteiger partial charge on any atom is 0.415 e. The fourth-order valence-corrected chi connectivity index (χ4v) is 2.00. The van der Waals surface area contributed by atoms with Gasteiger partial charge in [-0.3, -0.25) is 0 Å². The molecule has 2 atom stereocenters. The summed E-state index contributed by atoms with van der Waals surface area (Å²) in [5.41, 5.74) is 0.887. The SMILES string of the molecule is CC(NCC(O)C(F)(F)F)c1ccc2ccccc2c1. The van der Waals surface area contributed by atoms with Crippen LogP contribution in [0.4, 0.5) is 13.2 Å². The van der Waals surface area contributed by atoms with Gasteiger partial charge in [-0.15, -0.1) is 0 Å². The van der Waals surface area contributed by atoms with Crippen molar-refractivity contribution in [2.24, 2.45) is 0 Å². The molecule has 2 aromatic rings. The number of aliphatic hydroxyl groups excluding tert-OH is 1. The summed E-state index contributed by atoms with van der Waals surface area (Å²) in [4.78, 5) is 0. The molecule has 0 saturated carbocycles. The fraction of sp³-hybridized carbons (Fsp3) is 0.333. The molecule has 2 rings (SSSR count). The van der Waals surface area contributed by atoms with Crippen LogP contribution in [-0.2, 0) is 0 Å². The highest BCUT2D eigenvalue weighted by molar-refractivity contribution is 5.83. The molecule has 2 aromatic carbocycles. The molecule has 5 heteroatoms. The lowest BCUT2D eigenvalue weighted by Gasteiger charge is -2.19. The Kier molecular flexibility index (Phi) is 4.30. The van der Waals surface area contributed by atoms with E-state index in [4.69, 9.17) is 5.11 Å². The molecule has 0 bridgehead atoms. The van der Waals surface area contributed by atoms with Gasteiger partial charge >= 0.3 is 6.18 Å². The van der Waals surface area contributed by atoms with Crippen LogP contribution in [0.25, 0.3) is 10.8 Å². The van der Waals surface area contributed by atoms with Gasteiger partial charge in [-0.25, -0.2) is 0 Å². The van der Waals surface area contributed by atoms with E-state index in [1.807, 2.05) is 42.5 Å². The molecule has 2 unspecified atom stereocenters. The number of nitrogens with one attached hydrogen (secondary N) is 1. The Bertz CT molecular complexity index is 583. The monoisotopic (exact) mass is 283 g/mol. The van der Waals surface area contributed by atoms with Crippen LogP contribution in [0.15, 0.2) is 42.5 Å². The van der Waals surface area contributed by atoms with Crippen molar-refractivity contribution in [3.8, 4) is 0 Å². The van der Waals surface area contributed by atoms with Crippen LogP contribution in [0.5, 0.6) is 0 Å². The van der Waals surface area contributed by atoms with Gasteiger partial charge in [-0.05, 0) is 29.3 Å². The van der Waals surface area contributed by atoms with Crippen LogP contribution in [0.1, 0.15) is 18.5 Å². The molecule has 2 N–H and O–H groups in total. The zero-order chi connectivity index (χ0) is 14.8. The molecule has 0 amide bonds. The first-order valence-electron chi connectivity index (χ1n) is 6.35. The summed E-state index contributed by atoms with van der Waals surface area (Å²) < 4.78 is 36.7. The number of benzene rings is 2. The van der Waals surface area contributed by atoms with E-state index >= 15 is 0 Å². The summed E-state index contributed by atoms with van der Waals surface area (Å²) in [7, 11) is 0. The Morgan fingerprint density at radius 2 is 1.75 bits per heavy atom. The van der Waals surface area contributed by atoms with Gasteiger partial charge in [0.25, 0.3) is 0 Å². The Balaban J connectivity index is 2.06. The summed E-state index contributed by atoms with van der Waals surface area (Å²) in [6, 6.07) is 13.3. The van der Waals surface area contributed by atoms with E-state index in [1.54, 1.807) is 6.92 Å². The van der Waals surface area contributed by atoms with Crippen molar-refractivity contribution >= 4 is 10.8 Å². The zero-order valence-corrected chi connectivity index (χ0v) is 11.0. The smallest absolute Gasteiger partial charge is 0.382 e. The molecule has 20 heavy (non-hydrogen) atoms. The first-order valence-corrected chi connectivity index (χ1v) is 6.35. The second-order valence-electron chi connectivity index (χ2n) is 4.79. The number of aliphatic hydroxyl groups is 1. The van der Waals surface area contributed by atoms with Crippen LogP contribution in [0, 0.1) is 0 Å². The van der Waals surface area contributed by atoms with Crippen molar-refractivity contribution in [1.82, 2.24) is 5.32 Å². The molecule has 0 fully saturated rings. The quantitative estimate of drug-likeness (QED) is 0.901. The van der Waals surface area contributed by atoms with Gasteiger partial charge in [-0.2, -0.15) is 13.2 Å². The maximum absolute atomic E-state index is 12.2. The molecule has 2 nitrogen and oxygen atoms in total. The normalized spacial score (nSPS) is 15.2. The van der Waals surface area contributed by atoms with Crippen molar-refractivity contribution in [2.75, 3.05) is 6.54 Å². The summed E-state index contributed by atoms with van der Waals surface area (Å²) in [5.74, 6) is 0. The number of hydrogen-bond acceptors (Lipinski definition) is 2. The minimum absolute atomic E-state index is 0.267. The standard InChI is InChI=1S/C15H16F3NO/c1-10(19-9-14(20)15(16,17)18)12-7-6-11-4-2-3-5-13(11)8-12/h2-8,10,14,19-20H,9H2,1H3. The number of hydrogen-bond donors (Lipinski definition) is 2.